The first-order valence-electron chi connectivity index (χ1n) is 8.89. The molecule has 8 nitrogen and oxygen atoms in total. The van der Waals surface area contributed by atoms with Gasteiger partial charge in [0.25, 0.3) is 0 Å². The average Bonchev–Trinajstić information content (AvgIpc) is 3.06. The molecule has 0 aliphatic carbocycles. The minimum absolute atomic E-state index is 0.00134. The number of fused-ring (bicyclic) bond motifs is 1. The number of esters is 1. The van der Waals surface area contributed by atoms with E-state index in [2.05, 4.69) is 9.98 Å². The van der Waals surface area contributed by atoms with E-state index in [4.69, 9.17) is 21.9 Å². The number of Topliss-reactive ketones (excluding diaryl/α,β-unsaturated/α-hetero) is 1. The Bertz CT molecular complexity index is 811. The van der Waals surface area contributed by atoms with Gasteiger partial charge in [0.15, 0.2) is 11.7 Å². The number of ether oxygens (including phenoxy) is 1. The van der Waals surface area contributed by atoms with Crippen molar-refractivity contribution in [2.24, 2.45) is 28.1 Å². The number of aromatic amines is 1. The maximum absolute atomic E-state index is 12.6. The lowest BCUT2D eigenvalue weighted by Crippen LogP contribution is -2.35. The zero-order chi connectivity index (χ0) is 19.8. The molecule has 0 radical (unpaired) electrons. The van der Waals surface area contributed by atoms with Gasteiger partial charge in [-0.25, -0.2) is 0 Å². The first-order chi connectivity index (χ1) is 12.9. The first kappa shape index (κ1) is 20.4. The highest BCUT2D eigenvalue weighted by Crippen LogP contribution is 2.20. The molecule has 2 atom stereocenters. The van der Waals surface area contributed by atoms with Crippen LogP contribution in [0.2, 0.25) is 0 Å². The van der Waals surface area contributed by atoms with Gasteiger partial charge in [0, 0.05) is 30.1 Å². The number of H-pyrrole nitrogens is 1. The Morgan fingerprint density at radius 1 is 1.26 bits per heavy atom. The Morgan fingerprint density at radius 3 is 2.70 bits per heavy atom. The lowest BCUT2D eigenvalue weighted by Gasteiger charge is -2.16. The van der Waals surface area contributed by atoms with Gasteiger partial charge < -0.3 is 26.9 Å². The fourth-order valence-corrected chi connectivity index (χ4v) is 3.06. The van der Waals surface area contributed by atoms with Crippen LogP contribution in [0.5, 0.6) is 0 Å². The maximum atomic E-state index is 12.6. The van der Waals surface area contributed by atoms with Crippen molar-refractivity contribution in [1.29, 1.82) is 0 Å². The molecule has 1 aromatic carbocycles. The van der Waals surface area contributed by atoms with Gasteiger partial charge in [0.2, 0.25) is 0 Å². The van der Waals surface area contributed by atoms with Crippen LogP contribution in [0.25, 0.3) is 10.9 Å². The third-order valence-corrected chi connectivity index (χ3v) is 4.52. The molecule has 0 saturated carbocycles. The standard InChI is InChI=1S/C19H27N5O3/c1-27-18(26)12(5-4-8-23-19(21)22)10-17(25)15(20)9-13-11-24-16-7-3-2-6-14(13)16/h2-3,6-7,11-12,15,24H,4-5,8-10,20H2,1H3,(H4,21,22,23). The second-order valence-electron chi connectivity index (χ2n) is 6.51. The molecule has 146 valence electrons. The van der Waals surface area contributed by atoms with Crippen molar-refractivity contribution in [1.82, 2.24) is 4.98 Å². The topological polar surface area (TPSA) is 150 Å². The Morgan fingerprint density at radius 2 is 2.00 bits per heavy atom. The number of hydrogen-bond donors (Lipinski definition) is 4. The molecule has 0 saturated heterocycles. The monoisotopic (exact) mass is 373 g/mol. The highest BCUT2D eigenvalue weighted by atomic mass is 16.5. The molecule has 0 bridgehead atoms. The predicted octanol–water partition coefficient (Wildman–Crippen LogP) is 0.840. The van der Waals surface area contributed by atoms with Crippen LogP contribution in [0.3, 0.4) is 0 Å². The summed E-state index contributed by atoms with van der Waals surface area (Å²) in [6, 6.07) is 7.15. The fraction of sp³-hybridized carbons (Fsp3) is 0.421. The molecule has 0 aliphatic rings. The highest BCUT2D eigenvalue weighted by molar-refractivity contribution is 5.89. The van der Waals surface area contributed by atoms with Gasteiger partial charge in [-0.15, -0.1) is 0 Å². The number of para-hydroxylation sites is 1. The second kappa shape index (κ2) is 9.72. The van der Waals surface area contributed by atoms with E-state index in [9.17, 15) is 9.59 Å². The van der Waals surface area contributed by atoms with Gasteiger partial charge in [0.05, 0.1) is 19.1 Å². The number of rotatable bonds is 10. The Kier molecular flexibility index (Phi) is 7.36. The summed E-state index contributed by atoms with van der Waals surface area (Å²) in [5, 5.41) is 1.04. The number of nitrogens with one attached hydrogen (secondary N) is 1. The van der Waals surface area contributed by atoms with E-state index in [1.165, 1.54) is 7.11 Å². The molecule has 2 aromatic rings. The summed E-state index contributed by atoms with van der Waals surface area (Å²) in [5.74, 6) is -1.14. The summed E-state index contributed by atoms with van der Waals surface area (Å²) in [6.45, 7) is 0.394. The van der Waals surface area contributed by atoms with Crippen LogP contribution in [0.4, 0.5) is 0 Å². The quantitative estimate of drug-likeness (QED) is 0.210. The van der Waals surface area contributed by atoms with E-state index in [0.29, 0.717) is 25.8 Å². The van der Waals surface area contributed by atoms with E-state index < -0.39 is 17.9 Å². The normalized spacial score (nSPS) is 13.1. The van der Waals surface area contributed by atoms with Crippen molar-refractivity contribution >= 4 is 28.6 Å². The number of benzene rings is 1. The van der Waals surface area contributed by atoms with Crippen LogP contribution in [0, 0.1) is 5.92 Å². The van der Waals surface area contributed by atoms with Crippen LogP contribution >= 0.6 is 0 Å². The number of aromatic nitrogens is 1. The van der Waals surface area contributed by atoms with Crippen molar-refractivity contribution in [3.8, 4) is 0 Å². The van der Waals surface area contributed by atoms with Gasteiger partial charge in [-0.05, 0) is 30.9 Å². The summed E-state index contributed by atoms with van der Waals surface area (Å²) < 4.78 is 4.81. The summed E-state index contributed by atoms with van der Waals surface area (Å²) in [7, 11) is 1.31. The fourth-order valence-electron chi connectivity index (χ4n) is 3.06. The lowest BCUT2D eigenvalue weighted by molar-refractivity contribution is -0.147. The number of carbonyl (C=O) groups is 2. The molecular weight excluding hydrogens is 346 g/mol. The SMILES string of the molecule is COC(=O)C(CCCN=C(N)N)CC(=O)C(N)Cc1c[nH]c2ccccc12. The largest absolute Gasteiger partial charge is 0.469 e. The molecule has 0 spiro atoms. The summed E-state index contributed by atoms with van der Waals surface area (Å²) in [6.07, 6.45) is 3.34. The van der Waals surface area contributed by atoms with Gasteiger partial charge in [0.1, 0.15) is 0 Å². The number of carbonyl (C=O) groups excluding carboxylic acids is 2. The molecular formula is C19H27N5O3. The molecule has 1 heterocycles. The first-order valence-corrected chi connectivity index (χ1v) is 8.89. The third-order valence-electron chi connectivity index (χ3n) is 4.52. The Balaban J connectivity index is 1.96. The number of ketones is 1. The Labute approximate surface area is 158 Å². The summed E-state index contributed by atoms with van der Waals surface area (Å²) >= 11 is 0. The molecule has 0 aliphatic heterocycles. The van der Waals surface area contributed by atoms with E-state index in [1.807, 2.05) is 30.5 Å². The number of guanidine groups is 1. The molecule has 1 aromatic heterocycles. The highest BCUT2D eigenvalue weighted by Gasteiger charge is 2.25. The summed E-state index contributed by atoms with van der Waals surface area (Å²) in [5.41, 5.74) is 18.7. The molecule has 7 N–H and O–H groups in total. The van der Waals surface area contributed by atoms with Gasteiger partial charge in [-0.1, -0.05) is 18.2 Å². The van der Waals surface area contributed by atoms with Crippen LogP contribution in [-0.2, 0) is 20.7 Å². The van der Waals surface area contributed by atoms with Crippen molar-refractivity contribution in [2.45, 2.75) is 31.7 Å². The zero-order valence-corrected chi connectivity index (χ0v) is 15.5. The van der Waals surface area contributed by atoms with E-state index in [-0.39, 0.29) is 18.2 Å². The third kappa shape index (κ3) is 5.82. The molecule has 2 rings (SSSR count). The van der Waals surface area contributed by atoms with Gasteiger partial charge >= 0.3 is 5.97 Å². The van der Waals surface area contributed by atoms with E-state index in [1.54, 1.807) is 0 Å². The maximum Gasteiger partial charge on any atom is 0.309 e. The van der Waals surface area contributed by atoms with Crippen LogP contribution in [0.15, 0.2) is 35.5 Å². The minimum Gasteiger partial charge on any atom is -0.469 e. The second-order valence-corrected chi connectivity index (χ2v) is 6.51. The van der Waals surface area contributed by atoms with Gasteiger partial charge in [-0.2, -0.15) is 0 Å². The lowest BCUT2D eigenvalue weighted by atomic mass is 9.92. The number of aliphatic imine (C=N–C) groups is 1. The van der Waals surface area contributed by atoms with E-state index >= 15 is 0 Å². The smallest absolute Gasteiger partial charge is 0.309 e. The van der Waals surface area contributed by atoms with Crippen molar-refractivity contribution < 1.29 is 14.3 Å². The summed E-state index contributed by atoms with van der Waals surface area (Å²) in [4.78, 5) is 31.6. The minimum atomic E-state index is -0.686. The number of hydrogen-bond acceptors (Lipinski definition) is 5. The molecule has 8 heteroatoms. The number of nitrogens with two attached hydrogens (primary N) is 3. The van der Waals surface area contributed by atoms with E-state index in [0.717, 1.165) is 16.5 Å². The molecule has 0 amide bonds. The van der Waals surface area contributed by atoms with Crippen LogP contribution in [-0.4, -0.2) is 42.4 Å². The number of methoxy groups -OCH3 is 1. The molecule has 27 heavy (non-hydrogen) atoms. The average molecular weight is 373 g/mol. The van der Waals surface area contributed by atoms with Crippen molar-refractivity contribution in [3.05, 3.63) is 36.0 Å². The number of nitrogens with zero attached hydrogens (tertiary/aromatic N) is 1. The molecule has 2 unspecified atom stereocenters. The Hall–Kier alpha value is -2.87. The molecule has 0 fully saturated rings. The zero-order valence-electron chi connectivity index (χ0n) is 15.5. The predicted molar refractivity (Wildman–Crippen MR) is 105 cm³/mol. The van der Waals surface area contributed by atoms with Crippen molar-refractivity contribution in [2.75, 3.05) is 13.7 Å². The van der Waals surface area contributed by atoms with Gasteiger partial charge in [-0.3, -0.25) is 14.6 Å². The van der Waals surface area contributed by atoms with Crippen LogP contribution < -0.4 is 17.2 Å². The van der Waals surface area contributed by atoms with Crippen LogP contribution in [0.1, 0.15) is 24.8 Å². The van der Waals surface area contributed by atoms with Crippen molar-refractivity contribution in [3.63, 3.8) is 0 Å².